The molecule has 14 nitrogen and oxygen atoms in total. The number of hydrogen-bond donors (Lipinski definition) is 6. The van der Waals surface area contributed by atoms with Crippen molar-refractivity contribution in [1.29, 1.82) is 0 Å². The number of phenols is 1. The van der Waals surface area contributed by atoms with Gasteiger partial charge in [0.15, 0.2) is 22.7 Å². The lowest BCUT2D eigenvalue weighted by atomic mass is 10.00. The third-order valence-electron chi connectivity index (χ3n) is 5.84. The Morgan fingerprint density at radius 2 is 1.29 bits per heavy atom. The Kier molecular flexibility index (Phi) is 5.06. The highest BCUT2D eigenvalue weighted by Crippen LogP contribution is 2.50. The predicted octanol–water partition coefficient (Wildman–Crippen LogP) is -0.558. The Balaban J connectivity index is 1.89. The Morgan fingerprint density at radius 3 is 1.86 bits per heavy atom. The molecule has 6 N–H and O–H groups in total. The standard InChI is InChI=1S/C21H18O14/c1-30-14-7-5-6-8(20(29)33-15(5)11(25)10(14)24)17(31-2)18(13(27)16(6)34-19(7)28)35-21-12(26)9(23)4(22)3-32-21/h4,9,12,21-24,26,28-29H,3H2,1-2H3. The fourth-order valence-corrected chi connectivity index (χ4v) is 4.20. The lowest BCUT2D eigenvalue weighted by Crippen LogP contribution is -2.55. The molecule has 35 heavy (non-hydrogen) atoms. The van der Waals surface area contributed by atoms with E-state index in [0.29, 0.717) is 0 Å². The van der Waals surface area contributed by atoms with Crippen molar-refractivity contribution in [3.63, 3.8) is 0 Å². The van der Waals surface area contributed by atoms with Crippen LogP contribution in [0.2, 0.25) is 0 Å². The molecule has 0 amide bonds. The van der Waals surface area contributed by atoms with E-state index in [-0.39, 0.29) is 21.5 Å². The summed E-state index contributed by atoms with van der Waals surface area (Å²) in [5.74, 6) is -4.37. The number of aromatic hydroxyl groups is 3. The Bertz CT molecular complexity index is 1580. The van der Waals surface area contributed by atoms with Crippen LogP contribution in [0.3, 0.4) is 0 Å². The first kappa shape index (κ1) is 22.8. The molecule has 1 fully saturated rings. The summed E-state index contributed by atoms with van der Waals surface area (Å²) in [6.45, 7) is -0.435. The van der Waals surface area contributed by atoms with Crippen molar-refractivity contribution in [2.24, 2.45) is 0 Å². The Morgan fingerprint density at radius 1 is 0.743 bits per heavy atom. The molecule has 2 aromatic heterocycles. The first-order valence-electron chi connectivity index (χ1n) is 10.0. The zero-order valence-corrected chi connectivity index (χ0v) is 18.0. The van der Waals surface area contributed by atoms with Crippen LogP contribution in [0.25, 0.3) is 32.7 Å². The summed E-state index contributed by atoms with van der Waals surface area (Å²) in [6, 6.07) is 0. The van der Waals surface area contributed by atoms with Gasteiger partial charge in [-0.25, -0.2) is 0 Å². The Labute approximate surface area is 192 Å². The van der Waals surface area contributed by atoms with Crippen molar-refractivity contribution in [1.82, 2.24) is 0 Å². The van der Waals surface area contributed by atoms with Crippen LogP contribution >= 0.6 is 0 Å². The van der Waals surface area contributed by atoms with E-state index in [1.807, 2.05) is 0 Å². The van der Waals surface area contributed by atoms with E-state index in [0.717, 1.165) is 14.2 Å². The number of ether oxygens (including phenoxy) is 4. The molecular formula is C21H18O14. The molecule has 0 bridgehead atoms. The van der Waals surface area contributed by atoms with E-state index in [9.17, 15) is 40.2 Å². The molecule has 0 saturated carbocycles. The zero-order chi connectivity index (χ0) is 25.3. The molecule has 1 aliphatic heterocycles. The maximum absolute atomic E-state index is 13.4. The van der Waals surface area contributed by atoms with E-state index < -0.39 is 88.1 Å². The first-order chi connectivity index (χ1) is 16.6. The SMILES string of the molecule is COc1c(O)c(=O)c2oc(O)c3c(OC)c(OC4OCC(O)C(O)C4O)c(=O)c4oc(O)c1c2c34. The lowest BCUT2D eigenvalue weighted by molar-refractivity contribution is -0.242. The molecule has 2 aromatic carbocycles. The maximum atomic E-state index is 13.4. The monoisotopic (exact) mass is 494 g/mol. The third-order valence-corrected chi connectivity index (χ3v) is 5.84. The molecule has 0 spiro atoms. The molecule has 3 heterocycles. The summed E-state index contributed by atoms with van der Waals surface area (Å²) >= 11 is 0. The minimum Gasteiger partial charge on any atom is -0.501 e. The molecule has 1 saturated heterocycles. The normalized spacial score (nSPS) is 22.8. The van der Waals surface area contributed by atoms with Crippen molar-refractivity contribution in [2.75, 3.05) is 20.8 Å². The molecule has 5 rings (SSSR count). The molecule has 0 aliphatic carbocycles. The highest BCUT2D eigenvalue weighted by Gasteiger charge is 2.41. The second-order valence-electron chi connectivity index (χ2n) is 7.74. The summed E-state index contributed by atoms with van der Waals surface area (Å²) < 4.78 is 31.5. The van der Waals surface area contributed by atoms with Crippen LogP contribution in [0.5, 0.6) is 34.9 Å². The zero-order valence-electron chi connectivity index (χ0n) is 18.0. The van der Waals surface area contributed by atoms with Crippen molar-refractivity contribution >= 4 is 32.7 Å². The van der Waals surface area contributed by atoms with Crippen molar-refractivity contribution in [2.45, 2.75) is 24.6 Å². The number of benzene rings is 2. The molecule has 0 radical (unpaired) electrons. The predicted molar refractivity (Wildman–Crippen MR) is 114 cm³/mol. The lowest BCUT2D eigenvalue weighted by Gasteiger charge is -2.35. The van der Waals surface area contributed by atoms with Crippen LogP contribution in [0, 0.1) is 0 Å². The van der Waals surface area contributed by atoms with Crippen LogP contribution in [-0.2, 0) is 4.74 Å². The highest BCUT2D eigenvalue weighted by atomic mass is 16.7. The summed E-state index contributed by atoms with van der Waals surface area (Å²) in [5, 5.41) is 60.1. The minimum absolute atomic E-state index is 0.217. The van der Waals surface area contributed by atoms with Crippen LogP contribution in [0.15, 0.2) is 18.4 Å². The van der Waals surface area contributed by atoms with Gasteiger partial charge in [0, 0.05) is 0 Å². The smallest absolute Gasteiger partial charge is 0.294 e. The molecule has 14 heteroatoms. The number of phenolic OH excluding ortho intramolecular Hbond substituents is 1. The molecule has 4 aromatic rings. The molecular weight excluding hydrogens is 476 g/mol. The first-order valence-corrected chi connectivity index (χ1v) is 10.0. The van der Waals surface area contributed by atoms with Gasteiger partial charge in [0.1, 0.15) is 29.1 Å². The van der Waals surface area contributed by atoms with Gasteiger partial charge in [-0.05, 0) is 0 Å². The minimum atomic E-state index is -1.78. The summed E-state index contributed by atoms with van der Waals surface area (Å²) in [5.41, 5.74) is -3.39. The van der Waals surface area contributed by atoms with Gasteiger partial charge in [0.2, 0.25) is 17.8 Å². The molecule has 186 valence electrons. The summed E-state index contributed by atoms with van der Waals surface area (Å²) in [4.78, 5) is 26.1. The third kappa shape index (κ3) is 2.97. The number of hydrogen-bond acceptors (Lipinski definition) is 14. The van der Waals surface area contributed by atoms with Gasteiger partial charge in [0.05, 0.1) is 31.6 Å². The molecule has 1 aliphatic rings. The van der Waals surface area contributed by atoms with Gasteiger partial charge in [-0.1, -0.05) is 0 Å². The van der Waals surface area contributed by atoms with E-state index in [2.05, 4.69) is 0 Å². The van der Waals surface area contributed by atoms with Gasteiger partial charge in [0.25, 0.3) is 22.8 Å². The quantitative estimate of drug-likeness (QED) is 0.196. The van der Waals surface area contributed by atoms with Crippen molar-refractivity contribution < 1.29 is 58.4 Å². The fraction of sp³-hybridized carbons (Fsp3) is 0.333. The Hall–Kier alpha value is -3.98. The summed E-state index contributed by atoms with van der Waals surface area (Å²) in [7, 11) is 2.24. The molecule has 4 atom stereocenters. The number of aliphatic hydroxyl groups is 3. The van der Waals surface area contributed by atoms with Crippen LogP contribution in [-0.4, -0.2) is 76.1 Å². The maximum Gasteiger partial charge on any atom is 0.294 e. The average molecular weight is 494 g/mol. The van der Waals surface area contributed by atoms with E-state index in [1.165, 1.54) is 0 Å². The van der Waals surface area contributed by atoms with Gasteiger partial charge < -0.3 is 58.4 Å². The summed E-state index contributed by atoms with van der Waals surface area (Å²) in [6.07, 6.45) is -6.51. The van der Waals surface area contributed by atoms with E-state index in [1.54, 1.807) is 0 Å². The van der Waals surface area contributed by atoms with E-state index >= 15 is 0 Å². The van der Waals surface area contributed by atoms with Crippen molar-refractivity contribution in [3.8, 4) is 34.9 Å². The second-order valence-corrected chi connectivity index (χ2v) is 7.74. The largest absolute Gasteiger partial charge is 0.501 e. The van der Waals surface area contributed by atoms with Gasteiger partial charge in [-0.15, -0.1) is 0 Å². The average Bonchev–Trinajstić information content (AvgIpc) is 2.83. The fourth-order valence-electron chi connectivity index (χ4n) is 4.20. The van der Waals surface area contributed by atoms with E-state index in [4.69, 9.17) is 27.8 Å². The highest BCUT2D eigenvalue weighted by molar-refractivity contribution is 6.25. The van der Waals surface area contributed by atoms with Gasteiger partial charge in [-0.2, -0.15) is 0 Å². The van der Waals surface area contributed by atoms with Gasteiger partial charge >= 0.3 is 0 Å². The van der Waals surface area contributed by atoms with Crippen LogP contribution < -0.4 is 25.1 Å². The number of rotatable bonds is 4. The molecule has 4 unspecified atom stereocenters. The van der Waals surface area contributed by atoms with Crippen molar-refractivity contribution in [3.05, 3.63) is 20.4 Å². The number of aliphatic hydroxyl groups excluding tert-OH is 3. The number of methoxy groups -OCH3 is 2. The topological polar surface area (TPSA) is 219 Å². The van der Waals surface area contributed by atoms with Gasteiger partial charge in [-0.3, -0.25) is 9.59 Å². The van der Waals surface area contributed by atoms with Crippen LogP contribution in [0.4, 0.5) is 0 Å². The second kappa shape index (κ2) is 7.78. The van der Waals surface area contributed by atoms with Crippen LogP contribution in [0.1, 0.15) is 0 Å².